The lowest BCUT2D eigenvalue weighted by molar-refractivity contribution is -0.143. The molecule has 2 N–H and O–H groups in total. The maximum atomic E-state index is 12.7. The first kappa shape index (κ1) is 14.3. The highest BCUT2D eigenvalue weighted by Gasteiger charge is 2.46. The molecule has 3 rings (SSSR count). The van der Waals surface area contributed by atoms with E-state index in [9.17, 15) is 4.79 Å². The molecule has 0 bridgehead atoms. The van der Waals surface area contributed by atoms with E-state index in [2.05, 4.69) is 4.90 Å². The van der Waals surface area contributed by atoms with Crippen molar-refractivity contribution >= 4 is 5.91 Å². The molecule has 5 nitrogen and oxygen atoms in total. The molecule has 1 aliphatic carbocycles. The lowest BCUT2D eigenvalue weighted by Crippen LogP contribution is -2.57. The van der Waals surface area contributed by atoms with Crippen molar-refractivity contribution in [2.75, 3.05) is 39.4 Å². The average molecular weight is 281 g/mol. The molecule has 0 spiro atoms. The monoisotopic (exact) mass is 281 g/mol. The Morgan fingerprint density at radius 3 is 2.40 bits per heavy atom. The number of rotatable bonds is 2. The zero-order chi connectivity index (χ0) is 14.2. The second kappa shape index (κ2) is 5.62. The Hall–Kier alpha value is -0.650. The van der Waals surface area contributed by atoms with Gasteiger partial charge in [-0.3, -0.25) is 9.69 Å². The summed E-state index contributed by atoms with van der Waals surface area (Å²) in [6.07, 6.45) is 5.41. The van der Waals surface area contributed by atoms with E-state index < -0.39 is 5.41 Å². The van der Waals surface area contributed by atoms with Crippen LogP contribution in [0.1, 0.15) is 32.6 Å². The lowest BCUT2D eigenvalue weighted by atomic mass is 9.84. The van der Waals surface area contributed by atoms with Crippen molar-refractivity contribution in [3.63, 3.8) is 0 Å². The molecule has 2 saturated heterocycles. The van der Waals surface area contributed by atoms with E-state index in [0.29, 0.717) is 13.2 Å². The van der Waals surface area contributed by atoms with Crippen LogP contribution in [-0.4, -0.2) is 67.2 Å². The highest BCUT2D eigenvalue weighted by atomic mass is 16.5. The van der Waals surface area contributed by atoms with E-state index in [-0.39, 0.29) is 11.9 Å². The molecule has 0 aromatic heterocycles. The number of nitrogens with zero attached hydrogens (tertiary/aromatic N) is 2. The summed E-state index contributed by atoms with van der Waals surface area (Å²) in [7, 11) is 0. The van der Waals surface area contributed by atoms with Crippen molar-refractivity contribution in [3.05, 3.63) is 0 Å². The molecule has 2 unspecified atom stereocenters. The third-order valence-electron chi connectivity index (χ3n) is 5.45. The van der Waals surface area contributed by atoms with E-state index in [4.69, 9.17) is 10.5 Å². The van der Waals surface area contributed by atoms with Gasteiger partial charge in [0.05, 0.1) is 18.6 Å². The molecule has 114 valence electrons. The molecule has 20 heavy (non-hydrogen) atoms. The first-order valence-electron chi connectivity index (χ1n) is 7.98. The fourth-order valence-electron chi connectivity index (χ4n) is 3.83. The predicted molar refractivity (Wildman–Crippen MR) is 77.3 cm³/mol. The first-order valence-corrected chi connectivity index (χ1v) is 7.98. The minimum Gasteiger partial charge on any atom is -0.379 e. The second-order valence-corrected chi connectivity index (χ2v) is 6.81. The molecule has 1 amide bonds. The largest absolute Gasteiger partial charge is 0.379 e. The minimum absolute atomic E-state index is 0.164. The third kappa shape index (κ3) is 2.47. The summed E-state index contributed by atoms with van der Waals surface area (Å²) in [5, 5.41) is 0. The standard InChI is InChI=1S/C15H27N3O2/c1-15(11-20-10-13(15)16)14(19)18-8-6-17(7-9-18)12-4-2-3-5-12/h12-13H,2-11,16H2,1H3. The molecule has 0 aromatic rings. The van der Waals surface area contributed by atoms with Gasteiger partial charge < -0.3 is 15.4 Å². The number of amides is 1. The van der Waals surface area contributed by atoms with Crippen molar-refractivity contribution in [2.24, 2.45) is 11.1 Å². The Labute approximate surface area is 121 Å². The van der Waals surface area contributed by atoms with Crippen molar-refractivity contribution < 1.29 is 9.53 Å². The molecule has 0 radical (unpaired) electrons. The molecule has 3 fully saturated rings. The van der Waals surface area contributed by atoms with Crippen LogP contribution in [0.15, 0.2) is 0 Å². The van der Waals surface area contributed by atoms with Gasteiger partial charge in [-0.2, -0.15) is 0 Å². The van der Waals surface area contributed by atoms with Crippen LogP contribution in [-0.2, 0) is 9.53 Å². The van der Waals surface area contributed by atoms with Gasteiger partial charge in [0.25, 0.3) is 0 Å². The first-order chi connectivity index (χ1) is 9.61. The van der Waals surface area contributed by atoms with Gasteiger partial charge in [-0.25, -0.2) is 0 Å². The summed E-state index contributed by atoms with van der Waals surface area (Å²) in [6, 6.07) is 0.600. The van der Waals surface area contributed by atoms with E-state index in [0.717, 1.165) is 32.2 Å². The maximum Gasteiger partial charge on any atom is 0.232 e. The number of hydrogen-bond donors (Lipinski definition) is 1. The normalized spacial score (nSPS) is 36.7. The summed E-state index contributed by atoms with van der Waals surface area (Å²) >= 11 is 0. The van der Waals surface area contributed by atoms with Crippen LogP contribution >= 0.6 is 0 Å². The van der Waals surface area contributed by atoms with Crippen LogP contribution in [0.3, 0.4) is 0 Å². The van der Waals surface area contributed by atoms with Crippen LogP contribution in [0, 0.1) is 5.41 Å². The van der Waals surface area contributed by atoms with Crippen molar-refractivity contribution in [1.29, 1.82) is 0 Å². The van der Waals surface area contributed by atoms with Gasteiger partial charge in [-0.05, 0) is 19.8 Å². The van der Waals surface area contributed by atoms with Crippen LogP contribution in [0.4, 0.5) is 0 Å². The Bertz CT molecular complexity index is 362. The topological polar surface area (TPSA) is 58.8 Å². The van der Waals surface area contributed by atoms with Crippen LogP contribution < -0.4 is 5.73 Å². The van der Waals surface area contributed by atoms with Crippen molar-refractivity contribution in [1.82, 2.24) is 9.80 Å². The third-order valence-corrected chi connectivity index (χ3v) is 5.45. The minimum atomic E-state index is -0.518. The van der Waals surface area contributed by atoms with Gasteiger partial charge in [0.15, 0.2) is 0 Å². The van der Waals surface area contributed by atoms with Gasteiger partial charge in [0.1, 0.15) is 0 Å². The molecule has 2 heterocycles. The van der Waals surface area contributed by atoms with E-state index in [1.807, 2.05) is 11.8 Å². The molecule has 3 aliphatic rings. The zero-order valence-electron chi connectivity index (χ0n) is 12.5. The number of carbonyl (C=O) groups is 1. The highest BCUT2D eigenvalue weighted by Crippen LogP contribution is 2.30. The fraction of sp³-hybridized carbons (Fsp3) is 0.933. The molecule has 5 heteroatoms. The number of hydrogen-bond acceptors (Lipinski definition) is 4. The SMILES string of the molecule is CC1(C(=O)N2CCN(C3CCCC3)CC2)COCC1N. The van der Waals surface area contributed by atoms with Crippen molar-refractivity contribution in [3.8, 4) is 0 Å². The maximum absolute atomic E-state index is 12.7. The van der Waals surface area contributed by atoms with Crippen LogP contribution in [0.2, 0.25) is 0 Å². The van der Waals surface area contributed by atoms with E-state index >= 15 is 0 Å². The Kier molecular flexibility index (Phi) is 4.02. The smallest absolute Gasteiger partial charge is 0.232 e. The Balaban J connectivity index is 1.56. The lowest BCUT2D eigenvalue weighted by Gasteiger charge is -2.41. The summed E-state index contributed by atoms with van der Waals surface area (Å²) < 4.78 is 5.40. The molecule has 2 aliphatic heterocycles. The summed E-state index contributed by atoms with van der Waals surface area (Å²) in [5.41, 5.74) is 5.55. The van der Waals surface area contributed by atoms with E-state index in [1.54, 1.807) is 0 Å². The van der Waals surface area contributed by atoms with Crippen LogP contribution in [0.5, 0.6) is 0 Å². The summed E-state index contributed by atoms with van der Waals surface area (Å²) in [4.78, 5) is 17.3. The predicted octanol–water partition coefficient (Wildman–Crippen LogP) is 0.437. The summed E-state index contributed by atoms with van der Waals surface area (Å²) in [6.45, 7) is 6.65. The fourth-order valence-corrected chi connectivity index (χ4v) is 3.83. The average Bonchev–Trinajstić information content (AvgIpc) is 3.10. The quantitative estimate of drug-likeness (QED) is 0.798. The number of carbonyl (C=O) groups excluding carboxylic acids is 1. The molecule has 1 saturated carbocycles. The highest BCUT2D eigenvalue weighted by molar-refractivity contribution is 5.83. The Morgan fingerprint density at radius 1 is 1.20 bits per heavy atom. The zero-order valence-corrected chi connectivity index (χ0v) is 12.5. The number of nitrogens with two attached hydrogens (primary N) is 1. The number of piperazine rings is 1. The van der Waals surface area contributed by atoms with E-state index in [1.165, 1.54) is 25.7 Å². The second-order valence-electron chi connectivity index (χ2n) is 6.81. The van der Waals surface area contributed by atoms with Crippen LogP contribution in [0.25, 0.3) is 0 Å². The number of ether oxygens (including phenoxy) is 1. The van der Waals surface area contributed by atoms with Gasteiger partial charge >= 0.3 is 0 Å². The Morgan fingerprint density at radius 2 is 1.85 bits per heavy atom. The van der Waals surface area contributed by atoms with Gasteiger partial charge in [0, 0.05) is 38.3 Å². The molecular formula is C15H27N3O2. The molecular weight excluding hydrogens is 254 g/mol. The van der Waals surface area contributed by atoms with Gasteiger partial charge in [-0.15, -0.1) is 0 Å². The van der Waals surface area contributed by atoms with Crippen molar-refractivity contribution in [2.45, 2.75) is 44.7 Å². The van der Waals surface area contributed by atoms with Gasteiger partial charge in [-0.1, -0.05) is 12.8 Å². The van der Waals surface area contributed by atoms with Gasteiger partial charge in [0.2, 0.25) is 5.91 Å². The molecule has 2 atom stereocenters. The summed E-state index contributed by atoms with van der Waals surface area (Å²) in [5.74, 6) is 0.188. The molecule has 0 aromatic carbocycles.